The van der Waals surface area contributed by atoms with Crippen LogP contribution < -0.4 is 14.8 Å². The maximum Gasteiger partial charge on any atom is 0.253 e. The number of amides is 1. The van der Waals surface area contributed by atoms with Crippen LogP contribution in [0.5, 0.6) is 11.5 Å². The molecular weight excluding hydrogens is 310 g/mol. The van der Waals surface area contributed by atoms with E-state index >= 15 is 0 Å². The Morgan fingerprint density at radius 1 is 1.17 bits per heavy atom. The molecule has 0 unspecified atom stereocenters. The molecule has 0 saturated heterocycles. The number of carbonyl (C=O) groups excluding carboxylic acids is 1. The lowest BCUT2D eigenvalue weighted by atomic mass is 10.2. The summed E-state index contributed by atoms with van der Waals surface area (Å²) in [6, 6.07) is 9.07. The highest BCUT2D eigenvalue weighted by molar-refractivity contribution is 5.94. The van der Waals surface area contributed by atoms with Crippen molar-refractivity contribution in [1.29, 1.82) is 0 Å². The fraction of sp³-hybridized carbons (Fsp3) is 0.250. The van der Waals surface area contributed by atoms with Crippen molar-refractivity contribution in [1.82, 2.24) is 25.4 Å². The van der Waals surface area contributed by atoms with Crippen LogP contribution in [0.4, 0.5) is 0 Å². The number of nitrogens with one attached hydrogen (secondary N) is 1. The quantitative estimate of drug-likeness (QED) is 0.778. The molecule has 1 aromatic carbocycles. The molecule has 0 bridgehead atoms. The van der Waals surface area contributed by atoms with Gasteiger partial charge in [-0.05, 0) is 40.3 Å². The van der Waals surface area contributed by atoms with E-state index in [0.29, 0.717) is 36.7 Å². The molecular formula is C16H15N5O3. The van der Waals surface area contributed by atoms with Gasteiger partial charge in [-0.3, -0.25) is 4.79 Å². The Labute approximate surface area is 137 Å². The lowest BCUT2D eigenvalue weighted by Gasteiger charge is -2.10. The number of benzene rings is 1. The maximum atomic E-state index is 12.3. The molecule has 8 heteroatoms. The highest BCUT2D eigenvalue weighted by Crippen LogP contribution is 2.30. The summed E-state index contributed by atoms with van der Waals surface area (Å²) < 4.78 is 12.7. The summed E-state index contributed by atoms with van der Waals surface area (Å²) in [6.07, 6.45) is 2.46. The molecule has 3 aromatic rings. The van der Waals surface area contributed by atoms with E-state index < -0.39 is 0 Å². The third-order valence-corrected chi connectivity index (χ3v) is 3.72. The van der Waals surface area contributed by atoms with Crippen LogP contribution in [-0.4, -0.2) is 39.2 Å². The van der Waals surface area contributed by atoms with Crippen molar-refractivity contribution in [2.24, 2.45) is 0 Å². The predicted octanol–water partition coefficient (Wildman–Crippen LogP) is 1.22. The van der Waals surface area contributed by atoms with E-state index in [1.165, 1.54) is 4.52 Å². The number of pyridine rings is 1. The molecule has 122 valence electrons. The molecule has 4 rings (SSSR count). The van der Waals surface area contributed by atoms with Crippen LogP contribution >= 0.6 is 0 Å². The number of aromatic nitrogens is 4. The molecule has 0 spiro atoms. The van der Waals surface area contributed by atoms with Gasteiger partial charge in [0.2, 0.25) is 0 Å². The Morgan fingerprint density at radius 2 is 2.04 bits per heavy atom. The second-order valence-corrected chi connectivity index (χ2v) is 5.41. The third kappa shape index (κ3) is 2.85. The Hall–Kier alpha value is -3.16. The summed E-state index contributed by atoms with van der Waals surface area (Å²) in [4.78, 5) is 12.3. The van der Waals surface area contributed by atoms with Gasteiger partial charge < -0.3 is 14.8 Å². The van der Waals surface area contributed by atoms with Gasteiger partial charge in [0.25, 0.3) is 5.91 Å². The summed E-state index contributed by atoms with van der Waals surface area (Å²) in [5.41, 5.74) is 2.02. The lowest BCUT2D eigenvalue weighted by molar-refractivity contribution is 0.0950. The SMILES string of the molecule is O=C(NCc1ccc2c(c1)OCCCO2)c1ccc2nnnn2c1. The van der Waals surface area contributed by atoms with Gasteiger partial charge in [0.05, 0.1) is 18.8 Å². The van der Waals surface area contributed by atoms with Gasteiger partial charge in [0.15, 0.2) is 17.1 Å². The Bertz CT molecular complexity index is 892. The van der Waals surface area contributed by atoms with Crippen LogP contribution in [0.1, 0.15) is 22.3 Å². The Balaban J connectivity index is 1.46. The number of tetrazole rings is 1. The third-order valence-electron chi connectivity index (χ3n) is 3.72. The smallest absolute Gasteiger partial charge is 0.253 e. The fourth-order valence-electron chi connectivity index (χ4n) is 2.48. The zero-order valence-corrected chi connectivity index (χ0v) is 12.8. The number of rotatable bonds is 3. The number of carbonyl (C=O) groups is 1. The second-order valence-electron chi connectivity index (χ2n) is 5.41. The molecule has 8 nitrogen and oxygen atoms in total. The first kappa shape index (κ1) is 14.4. The van der Waals surface area contributed by atoms with E-state index in [4.69, 9.17) is 9.47 Å². The first-order valence-corrected chi connectivity index (χ1v) is 7.64. The van der Waals surface area contributed by atoms with E-state index in [1.807, 2.05) is 18.2 Å². The molecule has 24 heavy (non-hydrogen) atoms. The van der Waals surface area contributed by atoms with E-state index in [1.54, 1.807) is 18.3 Å². The Morgan fingerprint density at radius 3 is 2.96 bits per heavy atom. The van der Waals surface area contributed by atoms with Crippen molar-refractivity contribution < 1.29 is 14.3 Å². The van der Waals surface area contributed by atoms with E-state index in [0.717, 1.165) is 17.7 Å². The normalized spacial score (nSPS) is 13.5. The van der Waals surface area contributed by atoms with Gasteiger partial charge in [-0.15, -0.1) is 5.10 Å². The molecule has 0 atom stereocenters. The van der Waals surface area contributed by atoms with E-state index in [2.05, 4.69) is 20.8 Å². The molecule has 0 radical (unpaired) electrons. The summed E-state index contributed by atoms with van der Waals surface area (Å²) in [5.74, 6) is 1.26. The molecule has 1 amide bonds. The van der Waals surface area contributed by atoms with Crippen molar-refractivity contribution in [2.75, 3.05) is 13.2 Å². The highest BCUT2D eigenvalue weighted by Gasteiger charge is 2.12. The van der Waals surface area contributed by atoms with Crippen molar-refractivity contribution in [2.45, 2.75) is 13.0 Å². The van der Waals surface area contributed by atoms with Gasteiger partial charge in [0.1, 0.15) is 0 Å². The molecule has 1 aliphatic heterocycles. The Kier molecular flexibility index (Phi) is 3.70. The largest absolute Gasteiger partial charge is 0.490 e. The lowest BCUT2D eigenvalue weighted by Crippen LogP contribution is -2.23. The van der Waals surface area contributed by atoms with Crippen molar-refractivity contribution in [3.05, 3.63) is 47.7 Å². The first-order chi connectivity index (χ1) is 11.8. The monoisotopic (exact) mass is 325 g/mol. The van der Waals surface area contributed by atoms with Crippen LogP contribution in [-0.2, 0) is 6.54 Å². The average Bonchev–Trinajstić information content (AvgIpc) is 2.96. The van der Waals surface area contributed by atoms with Gasteiger partial charge >= 0.3 is 0 Å². The predicted molar refractivity (Wildman–Crippen MR) is 84.0 cm³/mol. The van der Waals surface area contributed by atoms with Gasteiger partial charge in [-0.1, -0.05) is 6.07 Å². The van der Waals surface area contributed by atoms with E-state index in [9.17, 15) is 4.79 Å². The minimum absolute atomic E-state index is 0.195. The molecule has 3 heterocycles. The minimum Gasteiger partial charge on any atom is -0.490 e. The summed E-state index contributed by atoms with van der Waals surface area (Å²) in [6.45, 7) is 1.68. The van der Waals surface area contributed by atoms with Crippen molar-refractivity contribution >= 4 is 11.6 Å². The van der Waals surface area contributed by atoms with Gasteiger partial charge in [-0.25, -0.2) is 0 Å². The molecule has 1 aliphatic rings. The average molecular weight is 325 g/mol. The number of ether oxygens (including phenoxy) is 2. The van der Waals surface area contributed by atoms with Crippen LogP contribution in [0, 0.1) is 0 Å². The standard InChI is InChI=1S/C16H15N5O3/c22-16(12-3-5-15-18-19-20-21(15)10-12)17-9-11-2-4-13-14(8-11)24-7-1-6-23-13/h2-5,8,10H,1,6-7,9H2,(H,17,22). The molecule has 1 N–H and O–H groups in total. The van der Waals surface area contributed by atoms with Crippen LogP contribution in [0.3, 0.4) is 0 Å². The molecule has 2 aromatic heterocycles. The van der Waals surface area contributed by atoms with E-state index in [-0.39, 0.29) is 5.91 Å². The van der Waals surface area contributed by atoms with Crippen molar-refractivity contribution in [3.8, 4) is 11.5 Å². The zero-order chi connectivity index (χ0) is 16.4. The summed E-state index contributed by atoms with van der Waals surface area (Å²) in [7, 11) is 0. The maximum absolute atomic E-state index is 12.3. The molecule has 0 aliphatic carbocycles. The van der Waals surface area contributed by atoms with Gasteiger partial charge in [0, 0.05) is 19.2 Å². The van der Waals surface area contributed by atoms with Crippen LogP contribution in [0.15, 0.2) is 36.5 Å². The van der Waals surface area contributed by atoms with Gasteiger partial charge in [-0.2, -0.15) is 4.52 Å². The molecule has 0 fully saturated rings. The van der Waals surface area contributed by atoms with Crippen LogP contribution in [0.25, 0.3) is 5.65 Å². The highest BCUT2D eigenvalue weighted by atomic mass is 16.5. The minimum atomic E-state index is -0.195. The zero-order valence-electron chi connectivity index (χ0n) is 12.8. The van der Waals surface area contributed by atoms with Crippen LogP contribution in [0.2, 0.25) is 0 Å². The molecule has 0 saturated carbocycles. The number of nitrogens with zero attached hydrogens (tertiary/aromatic N) is 4. The summed E-state index contributed by atoms with van der Waals surface area (Å²) in [5, 5.41) is 14.0. The number of hydrogen-bond donors (Lipinski definition) is 1. The fourth-order valence-corrected chi connectivity index (χ4v) is 2.48. The first-order valence-electron chi connectivity index (χ1n) is 7.64. The van der Waals surface area contributed by atoms with Crippen molar-refractivity contribution in [3.63, 3.8) is 0 Å². The topological polar surface area (TPSA) is 90.6 Å². The second kappa shape index (κ2) is 6.15. The summed E-state index contributed by atoms with van der Waals surface area (Å²) >= 11 is 0. The number of hydrogen-bond acceptors (Lipinski definition) is 6. The number of fused-ring (bicyclic) bond motifs is 2.